The second-order valence-corrected chi connectivity index (χ2v) is 8.43. The van der Waals surface area contributed by atoms with E-state index in [9.17, 15) is 8.42 Å². The zero-order chi connectivity index (χ0) is 15.9. The SMILES string of the molecule is CCCCC(CC)C(CC1CCCN(S(C)(=O)=O)C1)NN. The van der Waals surface area contributed by atoms with E-state index in [1.807, 2.05) is 0 Å². The number of nitrogens with one attached hydrogen (secondary N) is 1. The van der Waals surface area contributed by atoms with E-state index >= 15 is 0 Å². The molecule has 3 atom stereocenters. The summed E-state index contributed by atoms with van der Waals surface area (Å²) in [5.41, 5.74) is 2.99. The van der Waals surface area contributed by atoms with E-state index in [2.05, 4.69) is 19.3 Å². The van der Waals surface area contributed by atoms with Gasteiger partial charge in [0.1, 0.15) is 0 Å². The first-order valence-electron chi connectivity index (χ1n) is 8.33. The first kappa shape index (κ1) is 18.9. The number of nitrogens with two attached hydrogens (primary N) is 1. The Morgan fingerprint density at radius 2 is 2.10 bits per heavy atom. The molecule has 3 N–H and O–H groups in total. The van der Waals surface area contributed by atoms with E-state index in [0.29, 0.717) is 31.0 Å². The molecule has 6 heteroatoms. The van der Waals surface area contributed by atoms with E-state index in [1.165, 1.54) is 25.5 Å². The van der Waals surface area contributed by atoms with E-state index in [0.717, 1.165) is 25.7 Å². The zero-order valence-electron chi connectivity index (χ0n) is 13.8. The first-order valence-corrected chi connectivity index (χ1v) is 10.2. The van der Waals surface area contributed by atoms with Crippen LogP contribution in [0.1, 0.15) is 58.8 Å². The van der Waals surface area contributed by atoms with Crippen LogP contribution in [0, 0.1) is 11.8 Å². The maximum atomic E-state index is 11.7. The summed E-state index contributed by atoms with van der Waals surface area (Å²) in [6, 6.07) is 0.297. The van der Waals surface area contributed by atoms with Gasteiger partial charge >= 0.3 is 0 Å². The Hall–Kier alpha value is -0.170. The third kappa shape index (κ3) is 6.22. The van der Waals surface area contributed by atoms with Crippen molar-refractivity contribution in [2.24, 2.45) is 17.7 Å². The fourth-order valence-corrected chi connectivity index (χ4v) is 4.37. The summed E-state index contributed by atoms with van der Waals surface area (Å²) in [6.07, 6.45) is 9.11. The number of rotatable bonds is 9. The number of hydrogen-bond acceptors (Lipinski definition) is 4. The lowest BCUT2D eigenvalue weighted by Gasteiger charge is -2.35. The lowest BCUT2D eigenvalue weighted by Crippen LogP contribution is -2.45. The van der Waals surface area contributed by atoms with Crippen LogP contribution >= 0.6 is 0 Å². The Morgan fingerprint density at radius 1 is 1.38 bits per heavy atom. The fraction of sp³-hybridized carbons (Fsp3) is 1.00. The van der Waals surface area contributed by atoms with Crippen LogP contribution in [0.25, 0.3) is 0 Å². The molecule has 0 aromatic heterocycles. The number of unbranched alkanes of at least 4 members (excludes halogenated alkanes) is 1. The van der Waals surface area contributed by atoms with Crippen molar-refractivity contribution in [3.63, 3.8) is 0 Å². The van der Waals surface area contributed by atoms with Gasteiger partial charge in [0, 0.05) is 19.1 Å². The Bertz CT molecular complexity index is 386. The molecule has 1 fully saturated rings. The van der Waals surface area contributed by atoms with Gasteiger partial charge in [0.2, 0.25) is 10.0 Å². The molecule has 1 aliphatic rings. The Balaban J connectivity index is 2.59. The van der Waals surface area contributed by atoms with Gasteiger partial charge in [-0.1, -0.05) is 33.1 Å². The maximum absolute atomic E-state index is 11.7. The molecule has 0 aliphatic carbocycles. The van der Waals surface area contributed by atoms with Crippen LogP contribution in [0.5, 0.6) is 0 Å². The zero-order valence-corrected chi connectivity index (χ0v) is 14.7. The maximum Gasteiger partial charge on any atom is 0.211 e. The van der Waals surface area contributed by atoms with Gasteiger partial charge in [-0.05, 0) is 37.5 Å². The number of hydrogen-bond donors (Lipinski definition) is 2. The minimum Gasteiger partial charge on any atom is -0.271 e. The molecule has 0 amide bonds. The number of nitrogens with zero attached hydrogens (tertiary/aromatic N) is 1. The first-order chi connectivity index (χ1) is 9.92. The van der Waals surface area contributed by atoms with Crippen molar-refractivity contribution >= 4 is 10.0 Å². The van der Waals surface area contributed by atoms with Gasteiger partial charge in [-0.2, -0.15) is 0 Å². The molecule has 0 spiro atoms. The molecule has 21 heavy (non-hydrogen) atoms. The van der Waals surface area contributed by atoms with Crippen LogP contribution in [-0.2, 0) is 10.0 Å². The quantitative estimate of drug-likeness (QED) is 0.504. The van der Waals surface area contributed by atoms with Gasteiger partial charge in [-0.25, -0.2) is 12.7 Å². The fourth-order valence-electron chi connectivity index (χ4n) is 3.43. The summed E-state index contributed by atoms with van der Waals surface area (Å²) in [6.45, 7) is 5.75. The molecule has 1 rings (SSSR count). The van der Waals surface area contributed by atoms with Crippen molar-refractivity contribution in [2.45, 2.75) is 64.8 Å². The minimum absolute atomic E-state index is 0.297. The number of hydrazine groups is 1. The highest BCUT2D eigenvalue weighted by Crippen LogP contribution is 2.27. The molecule has 0 saturated carbocycles. The lowest BCUT2D eigenvalue weighted by molar-refractivity contribution is 0.206. The van der Waals surface area contributed by atoms with Crippen molar-refractivity contribution in [3.05, 3.63) is 0 Å². The normalized spacial score (nSPS) is 23.9. The molecule has 3 unspecified atom stereocenters. The average molecular weight is 320 g/mol. The van der Waals surface area contributed by atoms with E-state index in [-0.39, 0.29) is 0 Å². The molecule has 1 saturated heterocycles. The Labute approximate surface area is 130 Å². The highest BCUT2D eigenvalue weighted by atomic mass is 32.2. The summed E-state index contributed by atoms with van der Waals surface area (Å²) in [5, 5.41) is 0. The van der Waals surface area contributed by atoms with Crippen molar-refractivity contribution in [2.75, 3.05) is 19.3 Å². The van der Waals surface area contributed by atoms with Crippen LogP contribution in [0.2, 0.25) is 0 Å². The van der Waals surface area contributed by atoms with Crippen molar-refractivity contribution in [1.29, 1.82) is 0 Å². The molecule has 0 aromatic rings. The lowest BCUT2D eigenvalue weighted by atomic mass is 9.83. The van der Waals surface area contributed by atoms with Gasteiger partial charge in [0.15, 0.2) is 0 Å². The van der Waals surface area contributed by atoms with Crippen LogP contribution in [0.15, 0.2) is 0 Å². The molecule has 0 aromatic carbocycles. The smallest absolute Gasteiger partial charge is 0.211 e. The monoisotopic (exact) mass is 319 g/mol. The van der Waals surface area contributed by atoms with E-state index in [4.69, 9.17) is 5.84 Å². The third-order valence-electron chi connectivity index (χ3n) is 4.77. The summed E-state index contributed by atoms with van der Waals surface area (Å²) >= 11 is 0. The highest BCUT2D eigenvalue weighted by Gasteiger charge is 2.29. The molecule has 5 nitrogen and oxygen atoms in total. The highest BCUT2D eigenvalue weighted by molar-refractivity contribution is 7.88. The molecule has 1 heterocycles. The Morgan fingerprint density at radius 3 is 2.62 bits per heavy atom. The van der Waals surface area contributed by atoms with Crippen molar-refractivity contribution < 1.29 is 8.42 Å². The van der Waals surface area contributed by atoms with Gasteiger partial charge < -0.3 is 0 Å². The van der Waals surface area contributed by atoms with Gasteiger partial charge in [-0.15, -0.1) is 0 Å². The van der Waals surface area contributed by atoms with Gasteiger partial charge in [0.05, 0.1) is 6.26 Å². The van der Waals surface area contributed by atoms with Gasteiger partial charge in [0.25, 0.3) is 0 Å². The summed E-state index contributed by atoms with van der Waals surface area (Å²) in [4.78, 5) is 0. The van der Waals surface area contributed by atoms with Crippen LogP contribution < -0.4 is 11.3 Å². The third-order valence-corrected chi connectivity index (χ3v) is 6.04. The Kier molecular flexibility index (Phi) is 8.16. The van der Waals surface area contributed by atoms with Crippen molar-refractivity contribution in [3.8, 4) is 0 Å². The number of piperidine rings is 1. The van der Waals surface area contributed by atoms with Crippen LogP contribution in [0.3, 0.4) is 0 Å². The molecule has 0 bridgehead atoms. The summed E-state index contributed by atoms with van der Waals surface area (Å²) in [7, 11) is -3.06. The topological polar surface area (TPSA) is 75.4 Å². The molecule has 1 aliphatic heterocycles. The summed E-state index contributed by atoms with van der Waals surface area (Å²) < 4.78 is 25.0. The second-order valence-electron chi connectivity index (χ2n) is 6.45. The standard InChI is InChI=1S/C15H33N3O2S/c1-4-6-9-14(5-2)15(17-16)11-13-8-7-10-18(12-13)21(3,19)20/h13-15,17H,4-12,16H2,1-3H3. The van der Waals surface area contributed by atoms with Gasteiger partial charge in [-0.3, -0.25) is 11.3 Å². The largest absolute Gasteiger partial charge is 0.271 e. The second kappa shape index (κ2) is 9.08. The average Bonchev–Trinajstić information content (AvgIpc) is 2.46. The van der Waals surface area contributed by atoms with E-state index in [1.54, 1.807) is 4.31 Å². The van der Waals surface area contributed by atoms with E-state index < -0.39 is 10.0 Å². The van der Waals surface area contributed by atoms with Crippen LogP contribution in [0.4, 0.5) is 0 Å². The number of sulfonamides is 1. The molecular weight excluding hydrogens is 286 g/mol. The molecule has 0 radical (unpaired) electrons. The summed E-state index contributed by atoms with van der Waals surface area (Å²) in [5.74, 6) is 6.78. The molecular formula is C15H33N3O2S. The van der Waals surface area contributed by atoms with Crippen LogP contribution in [-0.4, -0.2) is 38.1 Å². The molecule has 126 valence electrons. The predicted molar refractivity (Wildman–Crippen MR) is 88.2 cm³/mol. The minimum atomic E-state index is -3.06. The van der Waals surface area contributed by atoms with Crippen molar-refractivity contribution in [1.82, 2.24) is 9.73 Å². The predicted octanol–water partition coefficient (Wildman–Crippen LogP) is 2.10.